The minimum Gasteiger partial charge on any atom is -0.384 e. The first-order chi connectivity index (χ1) is 20.9. The fraction of sp³-hybridized carbons (Fsp3) is 0.0385. The highest BCUT2D eigenvalue weighted by Crippen LogP contribution is 2.23. The van der Waals surface area contributed by atoms with Gasteiger partial charge in [-0.2, -0.15) is 0 Å². The molecule has 0 fully saturated rings. The van der Waals surface area contributed by atoms with Gasteiger partial charge in [0.25, 0.3) is 22.7 Å². The van der Waals surface area contributed by atoms with E-state index in [0.29, 0.717) is 22.5 Å². The summed E-state index contributed by atoms with van der Waals surface area (Å²) in [6.45, 7) is 0. The molecule has 2 aromatic carbocycles. The summed E-state index contributed by atoms with van der Waals surface area (Å²) in [6, 6.07) is 17.1. The van der Waals surface area contributed by atoms with E-state index < -0.39 is 19.7 Å². The monoisotopic (exact) mass is 666 g/mol. The topological polar surface area (TPSA) is 246 Å². The highest BCUT2D eigenvalue weighted by Gasteiger charge is 2.11. The summed E-state index contributed by atoms with van der Waals surface area (Å²) in [4.78, 5) is 58.6. The summed E-state index contributed by atoms with van der Waals surface area (Å²) >= 11 is 3.02. The average Bonchev–Trinajstić information content (AvgIpc) is 3.45. The number of pyridine rings is 2. The van der Waals surface area contributed by atoms with Crippen molar-refractivity contribution in [2.45, 2.75) is 0 Å². The van der Waals surface area contributed by atoms with Gasteiger partial charge in [-0.1, -0.05) is 15.9 Å². The predicted octanol–water partition coefficient (Wildman–Crippen LogP) is 5.56. The van der Waals surface area contributed by atoms with Crippen LogP contribution in [0, 0.1) is 40.5 Å². The van der Waals surface area contributed by atoms with Crippen molar-refractivity contribution in [2.75, 3.05) is 11.1 Å². The van der Waals surface area contributed by atoms with Gasteiger partial charge in [-0.25, -0.2) is 9.97 Å². The largest absolute Gasteiger partial charge is 0.384 e. The number of nitrogen functional groups attached to an aromatic ring is 1. The van der Waals surface area contributed by atoms with Gasteiger partial charge in [-0.15, -0.1) is 0 Å². The van der Waals surface area contributed by atoms with Gasteiger partial charge in [0, 0.05) is 53.7 Å². The number of non-ortho nitro benzene ring substituents is 2. The molecule has 0 aliphatic carbocycles. The number of nitrogens with two attached hydrogens (primary N) is 1. The van der Waals surface area contributed by atoms with E-state index in [-0.39, 0.29) is 39.7 Å². The molecule has 3 aromatic heterocycles. The fourth-order valence-electron chi connectivity index (χ4n) is 3.33. The molecule has 0 spiro atoms. The number of imidazole rings is 1. The van der Waals surface area contributed by atoms with Crippen molar-refractivity contribution in [3.8, 4) is 11.3 Å². The molecule has 0 saturated heterocycles. The third-order valence-electron chi connectivity index (χ3n) is 5.52. The van der Waals surface area contributed by atoms with Crippen LogP contribution >= 0.6 is 15.9 Å². The van der Waals surface area contributed by atoms with E-state index in [1.807, 2.05) is 0 Å². The molecule has 0 radical (unpaired) electrons. The number of alkyl halides is 1. The third kappa shape index (κ3) is 8.66. The molecule has 5 rings (SSSR count). The zero-order valence-corrected chi connectivity index (χ0v) is 23.7. The van der Waals surface area contributed by atoms with E-state index in [0.717, 1.165) is 6.20 Å². The fourth-order valence-corrected chi connectivity index (χ4v) is 3.66. The van der Waals surface area contributed by atoms with Crippen LogP contribution in [0.5, 0.6) is 0 Å². The molecule has 3 heterocycles. The predicted molar refractivity (Wildman–Crippen MR) is 160 cm³/mol. The molecular weight excluding hydrogens is 648 g/mol. The first-order valence-corrected chi connectivity index (χ1v) is 13.1. The van der Waals surface area contributed by atoms with E-state index >= 15 is 0 Å². The summed E-state index contributed by atoms with van der Waals surface area (Å²) in [5, 5.41) is 41.9. The Bertz CT molecular complexity index is 1830. The van der Waals surface area contributed by atoms with Crippen LogP contribution < -0.4 is 5.73 Å². The zero-order chi connectivity index (χ0) is 32.4. The highest BCUT2D eigenvalue weighted by molar-refractivity contribution is 9.09. The Kier molecular flexibility index (Phi) is 10.8. The van der Waals surface area contributed by atoms with Crippen molar-refractivity contribution in [1.29, 1.82) is 0 Å². The number of hydrogen-bond acceptors (Lipinski definition) is 12. The SMILES string of the molecule is Nc1ccc([N+](=O)[O-])cn1.O=C(CBr)c1ccc([N+](=O)[O-])cc1.O=[N+]([O-])c1ccc(-c2cn3cc([N+](=O)[O-])ccc3n2)cc1. The van der Waals surface area contributed by atoms with Gasteiger partial charge in [-0.05, 0) is 36.4 Å². The maximum Gasteiger partial charge on any atom is 0.287 e. The van der Waals surface area contributed by atoms with Gasteiger partial charge in [0.05, 0.1) is 36.9 Å². The molecule has 0 aliphatic rings. The second kappa shape index (κ2) is 14.6. The number of rotatable bonds is 7. The number of ketones is 1. The lowest BCUT2D eigenvalue weighted by molar-refractivity contribution is -0.385. The van der Waals surface area contributed by atoms with E-state index in [4.69, 9.17) is 5.73 Å². The first kappa shape index (κ1) is 32.3. The maximum absolute atomic E-state index is 11.1. The molecule has 0 atom stereocenters. The molecule has 18 heteroatoms. The normalized spacial score (nSPS) is 10.0. The number of Topliss-reactive ketones (excluding diaryl/α,β-unsaturated/α-hetero) is 1. The number of anilines is 1. The van der Waals surface area contributed by atoms with E-state index in [1.54, 1.807) is 28.8 Å². The molecule has 5 aromatic rings. The second-order valence-corrected chi connectivity index (χ2v) is 8.96. The number of carbonyl (C=O) groups excluding carboxylic acids is 1. The lowest BCUT2D eigenvalue weighted by Gasteiger charge is -1.95. The summed E-state index contributed by atoms with van der Waals surface area (Å²) in [5.41, 5.74) is 7.43. The molecular formula is C26H19BrN8O9. The Morgan fingerprint density at radius 3 is 1.68 bits per heavy atom. The van der Waals surface area contributed by atoms with Crippen LogP contribution in [-0.4, -0.2) is 45.2 Å². The summed E-state index contributed by atoms with van der Waals surface area (Å²) in [5.74, 6) is 0.195. The molecule has 2 N–H and O–H groups in total. The number of benzene rings is 2. The van der Waals surface area contributed by atoms with Gasteiger partial charge in [0.2, 0.25) is 0 Å². The number of carbonyl (C=O) groups is 1. The molecule has 0 aliphatic heterocycles. The van der Waals surface area contributed by atoms with Gasteiger partial charge in [-0.3, -0.25) is 49.7 Å². The number of nitro benzene ring substituents is 2. The number of fused-ring (bicyclic) bond motifs is 1. The van der Waals surface area contributed by atoms with Gasteiger partial charge < -0.3 is 5.73 Å². The van der Waals surface area contributed by atoms with Crippen molar-refractivity contribution >= 4 is 55.9 Å². The Morgan fingerprint density at radius 2 is 1.20 bits per heavy atom. The molecule has 224 valence electrons. The summed E-state index contributed by atoms with van der Waals surface area (Å²) in [6.07, 6.45) is 4.13. The van der Waals surface area contributed by atoms with Crippen molar-refractivity contribution in [3.05, 3.63) is 137 Å². The number of halogens is 1. The van der Waals surface area contributed by atoms with Crippen LogP contribution in [0.25, 0.3) is 16.9 Å². The van der Waals surface area contributed by atoms with Gasteiger partial charge >= 0.3 is 0 Å². The van der Waals surface area contributed by atoms with Gasteiger partial charge in [0.15, 0.2) is 5.78 Å². The number of nitro groups is 4. The highest BCUT2D eigenvalue weighted by atomic mass is 79.9. The van der Waals surface area contributed by atoms with Crippen LogP contribution in [0.4, 0.5) is 28.6 Å². The van der Waals surface area contributed by atoms with Gasteiger partial charge in [0.1, 0.15) is 17.7 Å². The summed E-state index contributed by atoms with van der Waals surface area (Å²) < 4.78 is 1.55. The standard InChI is InChI=1S/C13H8N4O4.C8H6BrNO3.C5H5N3O2/c18-16(19)10-3-1-9(2-4-10)12-8-15-7-11(17(20)21)5-6-13(15)14-12;9-5-8(11)6-1-3-7(4-2-6)10(12)13;6-5-2-1-4(3-7-5)8(9)10/h1-8H;1-4H,5H2;1-3H,(H2,6,7). The van der Waals surface area contributed by atoms with Crippen LogP contribution in [0.3, 0.4) is 0 Å². The van der Waals surface area contributed by atoms with Crippen LogP contribution in [0.15, 0.2) is 91.4 Å². The van der Waals surface area contributed by atoms with Crippen LogP contribution in [0.1, 0.15) is 10.4 Å². The maximum atomic E-state index is 11.1. The second-order valence-electron chi connectivity index (χ2n) is 8.40. The lowest BCUT2D eigenvalue weighted by atomic mass is 10.1. The minimum absolute atomic E-state index is 0.00171. The van der Waals surface area contributed by atoms with E-state index in [2.05, 4.69) is 25.9 Å². The molecule has 0 saturated carbocycles. The number of hydrogen-bond donors (Lipinski definition) is 1. The quantitative estimate of drug-likeness (QED) is 0.0969. The Morgan fingerprint density at radius 1 is 0.705 bits per heavy atom. The Balaban J connectivity index is 0.000000197. The molecule has 0 bridgehead atoms. The average molecular weight is 667 g/mol. The zero-order valence-electron chi connectivity index (χ0n) is 22.1. The van der Waals surface area contributed by atoms with Crippen molar-refractivity contribution in [3.63, 3.8) is 0 Å². The molecule has 0 unspecified atom stereocenters. The Labute approximate surface area is 254 Å². The molecule has 17 nitrogen and oxygen atoms in total. The first-order valence-electron chi connectivity index (χ1n) is 12.0. The lowest BCUT2D eigenvalue weighted by Crippen LogP contribution is -1.99. The number of nitrogens with zero attached hydrogens (tertiary/aromatic N) is 7. The Hall–Kier alpha value is -6.17. The van der Waals surface area contributed by atoms with Crippen molar-refractivity contribution < 1.29 is 24.5 Å². The van der Waals surface area contributed by atoms with Crippen LogP contribution in [-0.2, 0) is 0 Å². The van der Waals surface area contributed by atoms with Crippen molar-refractivity contribution in [2.24, 2.45) is 0 Å². The molecule has 0 amide bonds. The third-order valence-corrected chi connectivity index (χ3v) is 6.03. The minimum atomic E-state index is -0.521. The summed E-state index contributed by atoms with van der Waals surface area (Å²) in [7, 11) is 0. The van der Waals surface area contributed by atoms with Crippen LogP contribution in [0.2, 0.25) is 0 Å². The van der Waals surface area contributed by atoms with Crippen molar-refractivity contribution in [1.82, 2.24) is 14.4 Å². The molecule has 44 heavy (non-hydrogen) atoms. The smallest absolute Gasteiger partial charge is 0.287 e. The number of aromatic nitrogens is 3. The van der Waals surface area contributed by atoms with E-state index in [1.165, 1.54) is 60.8 Å². The van der Waals surface area contributed by atoms with E-state index in [9.17, 15) is 45.3 Å².